The van der Waals surface area contributed by atoms with E-state index < -0.39 is 19.0 Å². The van der Waals surface area contributed by atoms with Gasteiger partial charge in [0.15, 0.2) is 0 Å². The summed E-state index contributed by atoms with van der Waals surface area (Å²) in [5.74, 6) is -2.63. The molecule has 6 heteroatoms. The number of carbonyl (C=O) groups excluding carboxylic acids is 1. The molecule has 0 saturated heterocycles. The average molecular weight is 243 g/mol. The van der Waals surface area contributed by atoms with Crippen LogP contribution in [0.15, 0.2) is 0 Å². The first kappa shape index (κ1) is 14.6. The first-order chi connectivity index (χ1) is 6.53. The Bertz CT molecular complexity index is 210. The Morgan fingerprint density at radius 3 is 2.53 bits per heavy atom. The molecule has 0 bridgehead atoms. The highest BCUT2D eigenvalue weighted by atomic mass is 35.5. The fourth-order valence-corrected chi connectivity index (χ4v) is 1.13. The smallest absolute Gasteiger partial charge is 0.277 e. The summed E-state index contributed by atoms with van der Waals surface area (Å²) in [4.78, 5) is 11.1. The van der Waals surface area contributed by atoms with Gasteiger partial charge in [-0.3, -0.25) is 4.79 Å². The number of alkyl halides is 2. The van der Waals surface area contributed by atoms with Crippen molar-refractivity contribution in [3.05, 3.63) is 0 Å². The topological polar surface area (TPSA) is 55.1 Å². The Hall–Kier alpha value is -0.420. The summed E-state index contributed by atoms with van der Waals surface area (Å²) < 4.78 is 25.2. The van der Waals surface area contributed by atoms with E-state index in [1.165, 1.54) is 12.8 Å². The first-order valence-electron chi connectivity index (χ1n) is 4.88. The lowest BCUT2D eigenvalue weighted by atomic mass is 10.2. The second-order valence-corrected chi connectivity index (χ2v) is 3.82. The molecule has 1 aliphatic carbocycles. The Labute approximate surface area is 94.2 Å². The number of amides is 1. The molecule has 1 rings (SSSR count). The van der Waals surface area contributed by atoms with Gasteiger partial charge in [-0.1, -0.05) is 12.8 Å². The molecule has 1 saturated carbocycles. The van der Waals surface area contributed by atoms with Gasteiger partial charge in [0.05, 0.1) is 13.1 Å². The third-order valence-corrected chi connectivity index (χ3v) is 2.32. The van der Waals surface area contributed by atoms with E-state index in [1.807, 2.05) is 0 Å². The molecule has 90 valence electrons. The van der Waals surface area contributed by atoms with Gasteiger partial charge in [0.1, 0.15) is 0 Å². The van der Waals surface area contributed by atoms with E-state index in [2.05, 4.69) is 5.32 Å². The SMILES string of the molecule is Cl.NCC(F)(F)CNC(=O)CCC1CC1. The molecule has 1 aliphatic rings. The highest BCUT2D eigenvalue weighted by molar-refractivity contribution is 5.85. The Morgan fingerprint density at radius 2 is 2.07 bits per heavy atom. The molecule has 0 unspecified atom stereocenters. The Morgan fingerprint density at radius 1 is 1.47 bits per heavy atom. The van der Waals surface area contributed by atoms with Crippen LogP contribution in [0.2, 0.25) is 0 Å². The fourth-order valence-electron chi connectivity index (χ4n) is 1.13. The summed E-state index contributed by atoms with van der Waals surface area (Å²) in [5.41, 5.74) is 4.82. The molecule has 0 aromatic heterocycles. The minimum atomic E-state index is -2.98. The molecule has 0 aliphatic heterocycles. The zero-order chi connectivity index (χ0) is 10.6. The highest BCUT2D eigenvalue weighted by Crippen LogP contribution is 2.33. The van der Waals surface area contributed by atoms with Crippen LogP contribution in [0.5, 0.6) is 0 Å². The molecule has 0 aromatic rings. The summed E-state index contributed by atoms with van der Waals surface area (Å²) >= 11 is 0. The lowest BCUT2D eigenvalue weighted by Crippen LogP contribution is -2.41. The van der Waals surface area contributed by atoms with Gasteiger partial charge in [-0.25, -0.2) is 8.78 Å². The second kappa shape index (κ2) is 6.23. The summed E-state index contributed by atoms with van der Waals surface area (Å²) in [6, 6.07) is 0. The van der Waals surface area contributed by atoms with Crippen molar-refractivity contribution in [2.45, 2.75) is 31.6 Å². The number of nitrogens with two attached hydrogens (primary N) is 1. The summed E-state index contributed by atoms with van der Waals surface area (Å²) in [6.45, 7) is -1.37. The summed E-state index contributed by atoms with van der Waals surface area (Å²) in [7, 11) is 0. The van der Waals surface area contributed by atoms with E-state index in [0.29, 0.717) is 12.3 Å². The lowest BCUT2D eigenvalue weighted by Gasteiger charge is -2.14. The largest absolute Gasteiger partial charge is 0.350 e. The van der Waals surface area contributed by atoms with Crippen molar-refractivity contribution in [2.75, 3.05) is 13.1 Å². The van der Waals surface area contributed by atoms with E-state index in [9.17, 15) is 13.6 Å². The van der Waals surface area contributed by atoms with Crippen LogP contribution in [0.3, 0.4) is 0 Å². The van der Waals surface area contributed by atoms with Gasteiger partial charge in [-0.05, 0) is 12.3 Å². The zero-order valence-electron chi connectivity index (χ0n) is 8.47. The highest BCUT2D eigenvalue weighted by Gasteiger charge is 2.27. The molecule has 15 heavy (non-hydrogen) atoms. The minimum Gasteiger partial charge on any atom is -0.350 e. The normalized spacial score (nSPS) is 15.7. The first-order valence-corrected chi connectivity index (χ1v) is 4.88. The van der Waals surface area contributed by atoms with Crippen molar-refractivity contribution in [3.63, 3.8) is 0 Å². The molecule has 0 radical (unpaired) electrons. The van der Waals surface area contributed by atoms with E-state index in [1.54, 1.807) is 0 Å². The van der Waals surface area contributed by atoms with Crippen LogP contribution >= 0.6 is 12.4 Å². The number of hydrogen-bond donors (Lipinski definition) is 2. The van der Waals surface area contributed by atoms with Crippen molar-refractivity contribution in [2.24, 2.45) is 11.7 Å². The molecule has 0 heterocycles. The molecule has 0 spiro atoms. The van der Waals surface area contributed by atoms with Crippen LogP contribution in [-0.4, -0.2) is 24.9 Å². The van der Waals surface area contributed by atoms with Crippen molar-refractivity contribution in [1.29, 1.82) is 0 Å². The molecule has 3 N–H and O–H groups in total. The lowest BCUT2D eigenvalue weighted by molar-refractivity contribution is -0.123. The van der Waals surface area contributed by atoms with Gasteiger partial charge in [0.25, 0.3) is 5.92 Å². The van der Waals surface area contributed by atoms with E-state index >= 15 is 0 Å². The summed E-state index contributed by atoms with van der Waals surface area (Å²) in [5, 5.41) is 2.19. The third-order valence-electron chi connectivity index (χ3n) is 2.32. The Balaban J connectivity index is 0.00000196. The standard InChI is InChI=1S/C9H16F2N2O.ClH/c10-9(11,5-12)6-13-8(14)4-3-7-1-2-7;/h7H,1-6,12H2,(H,13,14);1H. The predicted octanol–water partition coefficient (Wildman–Crippen LogP) is 1.31. The van der Waals surface area contributed by atoms with Gasteiger partial charge in [-0.15, -0.1) is 12.4 Å². The second-order valence-electron chi connectivity index (χ2n) is 3.82. The number of hydrogen-bond acceptors (Lipinski definition) is 2. The zero-order valence-corrected chi connectivity index (χ0v) is 9.29. The van der Waals surface area contributed by atoms with Crippen molar-refractivity contribution in [3.8, 4) is 0 Å². The predicted molar refractivity (Wildman–Crippen MR) is 56.2 cm³/mol. The van der Waals surface area contributed by atoms with Gasteiger partial charge >= 0.3 is 0 Å². The maximum atomic E-state index is 12.6. The van der Waals surface area contributed by atoms with E-state index in [0.717, 1.165) is 6.42 Å². The van der Waals surface area contributed by atoms with Crippen LogP contribution in [-0.2, 0) is 4.79 Å². The van der Waals surface area contributed by atoms with E-state index in [-0.39, 0.29) is 18.3 Å². The molecule has 0 atom stereocenters. The maximum absolute atomic E-state index is 12.6. The number of carbonyl (C=O) groups is 1. The van der Waals surface area contributed by atoms with Gasteiger partial charge in [0, 0.05) is 6.42 Å². The van der Waals surface area contributed by atoms with Crippen LogP contribution in [0.1, 0.15) is 25.7 Å². The Kier molecular flexibility index (Phi) is 6.05. The molecule has 3 nitrogen and oxygen atoms in total. The van der Waals surface area contributed by atoms with E-state index in [4.69, 9.17) is 5.73 Å². The molecule has 0 aromatic carbocycles. The molecular weight excluding hydrogens is 226 g/mol. The van der Waals surface area contributed by atoms with Gasteiger partial charge < -0.3 is 11.1 Å². The number of nitrogens with one attached hydrogen (secondary N) is 1. The molecule has 1 fully saturated rings. The van der Waals surface area contributed by atoms with Crippen LogP contribution in [0.4, 0.5) is 8.78 Å². The number of halogens is 3. The molecule has 1 amide bonds. The van der Waals surface area contributed by atoms with Crippen molar-refractivity contribution in [1.82, 2.24) is 5.32 Å². The average Bonchev–Trinajstić information content (AvgIpc) is 2.95. The monoisotopic (exact) mass is 242 g/mol. The third kappa shape index (κ3) is 6.62. The fraction of sp³-hybridized carbons (Fsp3) is 0.889. The van der Waals surface area contributed by atoms with Crippen molar-refractivity contribution >= 4 is 18.3 Å². The minimum absolute atomic E-state index is 0. The molecular formula is C9H17ClF2N2O. The number of rotatable bonds is 6. The van der Waals surface area contributed by atoms with Crippen LogP contribution < -0.4 is 11.1 Å². The van der Waals surface area contributed by atoms with Crippen LogP contribution in [0.25, 0.3) is 0 Å². The van der Waals surface area contributed by atoms with Crippen LogP contribution in [0, 0.1) is 5.92 Å². The van der Waals surface area contributed by atoms with Gasteiger partial charge in [0.2, 0.25) is 5.91 Å². The maximum Gasteiger partial charge on any atom is 0.277 e. The van der Waals surface area contributed by atoms with Gasteiger partial charge in [-0.2, -0.15) is 0 Å². The summed E-state index contributed by atoms with van der Waals surface area (Å²) in [6.07, 6.45) is 3.52. The quantitative estimate of drug-likeness (QED) is 0.738. The van der Waals surface area contributed by atoms with Crippen molar-refractivity contribution < 1.29 is 13.6 Å².